The number of hydrogen-bond donors (Lipinski definition) is 0. The van der Waals surface area contributed by atoms with Crippen LogP contribution in [0.3, 0.4) is 0 Å². The van der Waals surface area contributed by atoms with Crippen molar-refractivity contribution in [2.24, 2.45) is 4.36 Å². The van der Waals surface area contributed by atoms with Crippen molar-refractivity contribution in [2.75, 3.05) is 64.2 Å². The highest BCUT2D eigenvalue weighted by atomic mass is 32.2. The van der Waals surface area contributed by atoms with Gasteiger partial charge in [0, 0.05) is 64.4 Å². The predicted octanol–water partition coefficient (Wildman–Crippen LogP) is 2.40. The Morgan fingerprint density at radius 1 is 1.23 bits per heavy atom. The Bertz CT molecular complexity index is 1010. The zero-order chi connectivity index (χ0) is 21.8. The Labute approximate surface area is 184 Å². The van der Waals surface area contributed by atoms with Crippen molar-refractivity contribution >= 4 is 15.7 Å². The highest BCUT2D eigenvalue weighted by molar-refractivity contribution is 7.93. The fourth-order valence-electron chi connectivity index (χ4n) is 4.01. The number of aromatic nitrogens is 2. The van der Waals surface area contributed by atoms with Gasteiger partial charge in [-0.1, -0.05) is 12.1 Å². The minimum atomic E-state index is -2.50. The van der Waals surface area contributed by atoms with Crippen molar-refractivity contribution in [1.82, 2.24) is 14.9 Å². The molecule has 168 valence electrons. The smallest absolute Gasteiger partial charge is 0.225 e. The monoisotopic (exact) mass is 445 g/mol. The second kappa shape index (κ2) is 9.50. The molecule has 0 aliphatic carbocycles. The van der Waals surface area contributed by atoms with E-state index in [-0.39, 0.29) is 0 Å². The lowest BCUT2D eigenvalue weighted by Gasteiger charge is -2.38. The van der Waals surface area contributed by atoms with Crippen LogP contribution in [0.2, 0.25) is 0 Å². The number of rotatable bonds is 7. The average molecular weight is 446 g/mol. The maximum absolute atomic E-state index is 12.7. The highest BCUT2D eigenvalue weighted by Gasteiger charge is 2.25. The van der Waals surface area contributed by atoms with Gasteiger partial charge in [-0.15, -0.1) is 0 Å². The first kappa shape index (κ1) is 22.0. The maximum Gasteiger partial charge on any atom is 0.225 e. The first-order chi connectivity index (χ1) is 15.0. The lowest BCUT2D eigenvalue weighted by molar-refractivity contribution is 0.197. The molecule has 0 saturated carbocycles. The van der Waals surface area contributed by atoms with E-state index >= 15 is 0 Å². The molecule has 2 aliphatic rings. The molecule has 1 fully saturated rings. The minimum absolute atomic E-state index is 0.332. The van der Waals surface area contributed by atoms with Crippen molar-refractivity contribution in [1.29, 1.82) is 0 Å². The molecule has 8 nitrogen and oxygen atoms in total. The molecule has 0 bridgehead atoms. The Morgan fingerprint density at radius 2 is 1.97 bits per heavy atom. The summed E-state index contributed by atoms with van der Waals surface area (Å²) in [6.45, 7) is 7.45. The number of anilines is 1. The molecule has 1 saturated heterocycles. The Kier molecular flexibility index (Phi) is 6.74. The predicted molar refractivity (Wildman–Crippen MR) is 121 cm³/mol. The van der Waals surface area contributed by atoms with Gasteiger partial charge in [-0.3, -0.25) is 4.90 Å². The molecule has 1 aromatic carbocycles. The third-order valence-electron chi connectivity index (χ3n) is 6.03. The summed E-state index contributed by atoms with van der Waals surface area (Å²) in [4.78, 5) is 14.2. The topological polar surface area (TPSA) is 80.2 Å². The standard InChI is InChI=1S/C22H31N5O3S/c1-17(19-5-4-18-6-12-30-21(18)14-19)26-8-10-27(11-9-26)22-23-15-20(16-24-22)31(3,28)25-7-13-29-2/h4-5,14-17H,6-13H2,1-3H3/t17-,31?/m1/s1. The zero-order valence-corrected chi connectivity index (χ0v) is 19.3. The van der Waals surface area contributed by atoms with Crippen LogP contribution in [0.1, 0.15) is 24.1 Å². The van der Waals surface area contributed by atoms with Crippen LogP contribution < -0.4 is 9.64 Å². The number of hydrogen-bond acceptors (Lipinski definition) is 8. The van der Waals surface area contributed by atoms with Gasteiger partial charge in [0.1, 0.15) is 5.75 Å². The van der Waals surface area contributed by atoms with Crippen molar-refractivity contribution in [3.05, 3.63) is 41.7 Å². The van der Waals surface area contributed by atoms with E-state index in [2.05, 4.69) is 49.3 Å². The SMILES string of the molecule is COCCN=S(C)(=O)c1cnc(N2CCN([C@H](C)c3ccc4c(c3)OCC4)CC2)nc1. The number of ether oxygens (including phenoxy) is 2. The second-order valence-corrected chi connectivity index (χ2v) is 10.4. The van der Waals surface area contributed by atoms with E-state index in [0.717, 1.165) is 45.0 Å². The zero-order valence-electron chi connectivity index (χ0n) is 18.5. The van der Waals surface area contributed by atoms with Crippen LogP contribution in [0.25, 0.3) is 0 Å². The molecule has 1 aromatic heterocycles. The fraction of sp³-hybridized carbons (Fsp3) is 0.545. The van der Waals surface area contributed by atoms with Gasteiger partial charge in [-0.25, -0.2) is 18.5 Å². The molecule has 0 N–H and O–H groups in total. The summed E-state index contributed by atoms with van der Waals surface area (Å²) in [7, 11) is -0.899. The first-order valence-corrected chi connectivity index (χ1v) is 12.6. The van der Waals surface area contributed by atoms with Gasteiger partial charge in [0.25, 0.3) is 0 Å². The van der Waals surface area contributed by atoms with E-state index in [9.17, 15) is 4.21 Å². The van der Waals surface area contributed by atoms with Crippen LogP contribution >= 0.6 is 0 Å². The lowest BCUT2D eigenvalue weighted by Crippen LogP contribution is -2.47. The van der Waals surface area contributed by atoms with Crippen LogP contribution in [0.4, 0.5) is 5.95 Å². The summed E-state index contributed by atoms with van der Waals surface area (Å²) >= 11 is 0. The van der Waals surface area contributed by atoms with Gasteiger partial charge in [0.2, 0.25) is 5.95 Å². The minimum Gasteiger partial charge on any atom is -0.493 e. The van der Waals surface area contributed by atoms with Crippen LogP contribution in [0, 0.1) is 0 Å². The van der Waals surface area contributed by atoms with Crippen LogP contribution in [0.5, 0.6) is 5.75 Å². The maximum atomic E-state index is 12.7. The molecule has 2 aliphatic heterocycles. The Balaban J connectivity index is 1.36. The molecule has 0 spiro atoms. The third kappa shape index (κ3) is 4.99. The van der Waals surface area contributed by atoms with Crippen molar-refractivity contribution in [3.63, 3.8) is 0 Å². The van der Waals surface area contributed by atoms with Gasteiger partial charge < -0.3 is 14.4 Å². The van der Waals surface area contributed by atoms with Gasteiger partial charge in [0.05, 0.1) is 34.4 Å². The number of nitrogens with zero attached hydrogens (tertiary/aromatic N) is 5. The second-order valence-electron chi connectivity index (χ2n) is 8.03. The summed E-state index contributed by atoms with van der Waals surface area (Å²) in [5, 5.41) is 0. The Morgan fingerprint density at radius 3 is 2.68 bits per heavy atom. The van der Waals surface area contributed by atoms with Crippen LogP contribution in [-0.4, -0.2) is 78.4 Å². The van der Waals surface area contributed by atoms with Gasteiger partial charge >= 0.3 is 0 Å². The van der Waals surface area contributed by atoms with E-state index < -0.39 is 9.73 Å². The van der Waals surface area contributed by atoms with E-state index in [1.165, 1.54) is 11.1 Å². The quantitative estimate of drug-likeness (QED) is 0.606. The summed E-state index contributed by atoms with van der Waals surface area (Å²) in [6.07, 6.45) is 5.90. The molecular weight excluding hydrogens is 414 g/mol. The molecule has 31 heavy (non-hydrogen) atoms. The molecule has 4 rings (SSSR count). The summed E-state index contributed by atoms with van der Waals surface area (Å²) in [6, 6.07) is 6.96. The molecule has 0 radical (unpaired) electrons. The van der Waals surface area contributed by atoms with Crippen molar-refractivity contribution < 1.29 is 13.7 Å². The molecule has 1 unspecified atom stereocenters. The van der Waals surface area contributed by atoms with E-state index in [0.29, 0.717) is 30.0 Å². The summed E-state index contributed by atoms with van der Waals surface area (Å²) in [5.41, 5.74) is 2.61. The molecule has 3 heterocycles. The Hall–Kier alpha value is -2.23. The average Bonchev–Trinajstić information content (AvgIpc) is 3.27. The van der Waals surface area contributed by atoms with E-state index in [1.54, 1.807) is 25.8 Å². The van der Waals surface area contributed by atoms with Gasteiger partial charge in [0.15, 0.2) is 0 Å². The summed E-state index contributed by atoms with van der Waals surface area (Å²) < 4.78 is 27.7. The largest absolute Gasteiger partial charge is 0.493 e. The molecule has 0 amide bonds. The van der Waals surface area contributed by atoms with Crippen LogP contribution in [0.15, 0.2) is 39.9 Å². The number of piperazine rings is 1. The number of benzene rings is 1. The van der Waals surface area contributed by atoms with Crippen LogP contribution in [-0.2, 0) is 20.9 Å². The van der Waals surface area contributed by atoms with Gasteiger partial charge in [-0.2, -0.15) is 0 Å². The number of fused-ring (bicyclic) bond motifs is 1. The summed E-state index contributed by atoms with van der Waals surface area (Å²) in [5.74, 6) is 1.71. The van der Waals surface area contributed by atoms with Gasteiger partial charge in [-0.05, 0) is 24.1 Å². The molecule has 2 aromatic rings. The molecule has 2 atom stereocenters. The fourth-order valence-corrected chi connectivity index (χ4v) is 5.08. The lowest BCUT2D eigenvalue weighted by atomic mass is 10.0. The third-order valence-corrected chi connectivity index (χ3v) is 7.79. The van der Waals surface area contributed by atoms with Crippen molar-refractivity contribution in [2.45, 2.75) is 24.3 Å². The molecular formula is C22H31N5O3S. The van der Waals surface area contributed by atoms with E-state index in [4.69, 9.17) is 9.47 Å². The van der Waals surface area contributed by atoms with E-state index in [1.807, 2.05) is 0 Å². The molecule has 9 heteroatoms. The normalized spacial score (nSPS) is 19.4. The highest BCUT2D eigenvalue weighted by Crippen LogP contribution is 2.31. The van der Waals surface area contributed by atoms with Crippen molar-refractivity contribution in [3.8, 4) is 5.75 Å². The first-order valence-electron chi connectivity index (χ1n) is 10.7. The number of methoxy groups -OCH3 is 1.